The molecule has 0 saturated carbocycles. The summed E-state index contributed by atoms with van der Waals surface area (Å²) in [6, 6.07) is 10.3. The molecule has 0 radical (unpaired) electrons. The number of amides is 1. The lowest BCUT2D eigenvalue weighted by atomic mass is 9.95. The lowest BCUT2D eigenvalue weighted by Crippen LogP contribution is -2.37. The van der Waals surface area contributed by atoms with Crippen LogP contribution in [0.5, 0.6) is 5.75 Å². The van der Waals surface area contributed by atoms with Crippen LogP contribution in [0.2, 0.25) is 0 Å². The molecular formula is C19H20FNO2. The van der Waals surface area contributed by atoms with Gasteiger partial charge in [-0.2, -0.15) is 0 Å². The highest BCUT2D eigenvalue weighted by molar-refractivity contribution is 5.97. The number of ether oxygens (including phenoxy) is 1. The predicted molar refractivity (Wildman–Crippen MR) is 88.5 cm³/mol. The normalized spacial score (nSPS) is 13.6. The highest BCUT2D eigenvalue weighted by Gasteiger charge is 2.27. The fourth-order valence-corrected chi connectivity index (χ4v) is 3.17. The molecule has 0 aliphatic carbocycles. The van der Waals surface area contributed by atoms with Crippen molar-refractivity contribution in [2.24, 2.45) is 0 Å². The van der Waals surface area contributed by atoms with Crippen LogP contribution >= 0.6 is 0 Å². The van der Waals surface area contributed by atoms with Crippen LogP contribution in [0.1, 0.15) is 23.1 Å². The van der Waals surface area contributed by atoms with Crippen LogP contribution in [0.3, 0.4) is 0 Å². The molecule has 0 unspecified atom stereocenters. The summed E-state index contributed by atoms with van der Waals surface area (Å²) in [4.78, 5) is 14.5. The standard InChI is InChI=1S/C19H20FNO2/c1-13-9-10-17(23-2)19-15(13)7-5-11-21(19)18(22)12-14-6-3-4-8-16(14)20/h3-4,6,8-10H,5,7,11-12H2,1-2H3. The Labute approximate surface area is 135 Å². The van der Waals surface area contributed by atoms with Gasteiger partial charge in [0.2, 0.25) is 5.91 Å². The van der Waals surface area contributed by atoms with Crippen LogP contribution in [0.4, 0.5) is 10.1 Å². The third kappa shape index (κ3) is 2.93. The van der Waals surface area contributed by atoms with Gasteiger partial charge in [-0.3, -0.25) is 4.79 Å². The van der Waals surface area contributed by atoms with Gasteiger partial charge in [-0.25, -0.2) is 4.39 Å². The molecular weight excluding hydrogens is 293 g/mol. The number of fused-ring (bicyclic) bond motifs is 1. The highest BCUT2D eigenvalue weighted by atomic mass is 19.1. The van der Waals surface area contributed by atoms with E-state index in [4.69, 9.17) is 4.74 Å². The van der Waals surface area contributed by atoms with E-state index in [0.29, 0.717) is 17.9 Å². The molecule has 1 aliphatic heterocycles. The van der Waals surface area contributed by atoms with Gasteiger partial charge < -0.3 is 9.64 Å². The molecule has 0 bridgehead atoms. The summed E-state index contributed by atoms with van der Waals surface area (Å²) >= 11 is 0. The number of carbonyl (C=O) groups is 1. The molecule has 0 fully saturated rings. The lowest BCUT2D eigenvalue weighted by molar-refractivity contribution is -0.118. The quantitative estimate of drug-likeness (QED) is 0.865. The van der Waals surface area contributed by atoms with Crippen molar-refractivity contribution in [3.63, 3.8) is 0 Å². The molecule has 0 N–H and O–H groups in total. The van der Waals surface area contributed by atoms with Gasteiger partial charge in [0.05, 0.1) is 19.2 Å². The molecule has 4 heteroatoms. The van der Waals surface area contributed by atoms with Crippen molar-refractivity contribution < 1.29 is 13.9 Å². The largest absolute Gasteiger partial charge is 0.495 e. The second kappa shape index (κ2) is 6.41. The first-order chi connectivity index (χ1) is 11.1. The van der Waals surface area contributed by atoms with Gasteiger partial charge in [0.15, 0.2) is 0 Å². The van der Waals surface area contributed by atoms with E-state index in [9.17, 15) is 9.18 Å². The third-order valence-electron chi connectivity index (χ3n) is 4.38. The van der Waals surface area contributed by atoms with Crippen molar-refractivity contribution in [3.8, 4) is 5.75 Å². The van der Waals surface area contributed by atoms with E-state index in [1.54, 1.807) is 30.2 Å². The second-order valence-corrected chi connectivity index (χ2v) is 5.83. The van der Waals surface area contributed by atoms with Crippen molar-refractivity contribution in [1.29, 1.82) is 0 Å². The Hall–Kier alpha value is -2.36. The molecule has 1 amide bonds. The van der Waals surface area contributed by atoms with Gasteiger partial charge in [-0.05, 0) is 48.6 Å². The summed E-state index contributed by atoms with van der Waals surface area (Å²) in [5.74, 6) is 0.265. The average molecular weight is 313 g/mol. The number of carbonyl (C=O) groups excluding carboxylic acids is 1. The Kier molecular flexibility index (Phi) is 4.33. The van der Waals surface area contributed by atoms with Crippen molar-refractivity contribution in [2.75, 3.05) is 18.6 Å². The van der Waals surface area contributed by atoms with Crippen molar-refractivity contribution in [3.05, 3.63) is 58.9 Å². The van der Waals surface area contributed by atoms with Gasteiger partial charge in [-0.15, -0.1) is 0 Å². The van der Waals surface area contributed by atoms with E-state index in [0.717, 1.165) is 29.7 Å². The Morgan fingerprint density at radius 1 is 1.26 bits per heavy atom. The first-order valence-electron chi connectivity index (χ1n) is 7.82. The average Bonchev–Trinajstić information content (AvgIpc) is 2.57. The molecule has 23 heavy (non-hydrogen) atoms. The minimum atomic E-state index is -0.339. The Morgan fingerprint density at radius 2 is 2.04 bits per heavy atom. The Balaban J connectivity index is 1.95. The zero-order valence-electron chi connectivity index (χ0n) is 13.4. The minimum Gasteiger partial charge on any atom is -0.495 e. The molecule has 1 aliphatic rings. The summed E-state index contributed by atoms with van der Waals surface area (Å²) < 4.78 is 19.3. The zero-order valence-corrected chi connectivity index (χ0v) is 13.4. The number of rotatable bonds is 3. The van der Waals surface area contributed by atoms with Gasteiger partial charge in [0, 0.05) is 6.54 Å². The van der Waals surface area contributed by atoms with Crippen LogP contribution in [0, 0.1) is 12.7 Å². The van der Waals surface area contributed by atoms with Crippen LogP contribution in [-0.4, -0.2) is 19.6 Å². The molecule has 0 aromatic heterocycles. The van der Waals surface area contributed by atoms with E-state index in [2.05, 4.69) is 0 Å². The maximum Gasteiger partial charge on any atom is 0.231 e. The number of aryl methyl sites for hydroxylation is 1. The molecule has 3 rings (SSSR count). The molecule has 1 heterocycles. The number of hydrogen-bond acceptors (Lipinski definition) is 2. The Bertz CT molecular complexity index is 742. The van der Waals surface area contributed by atoms with Gasteiger partial charge in [-0.1, -0.05) is 24.3 Å². The molecule has 120 valence electrons. The number of methoxy groups -OCH3 is 1. The van der Waals surface area contributed by atoms with E-state index in [-0.39, 0.29) is 18.1 Å². The number of halogens is 1. The van der Waals surface area contributed by atoms with Crippen LogP contribution < -0.4 is 9.64 Å². The monoisotopic (exact) mass is 313 g/mol. The SMILES string of the molecule is COc1ccc(C)c2c1N(C(=O)Cc1ccccc1F)CCC2. The van der Waals surface area contributed by atoms with Crippen LogP contribution in [0.15, 0.2) is 36.4 Å². The summed E-state index contributed by atoms with van der Waals surface area (Å²) in [5.41, 5.74) is 3.58. The van der Waals surface area contributed by atoms with E-state index in [1.165, 1.54) is 6.07 Å². The van der Waals surface area contributed by atoms with Crippen LogP contribution in [0.25, 0.3) is 0 Å². The van der Waals surface area contributed by atoms with Gasteiger partial charge in [0.1, 0.15) is 11.6 Å². The van der Waals surface area contributed by atoms with Crippen molar-refractivity contribution in [2.45, 2.75) is 26.2 Å². The van der Waals surface area contributed by atoms with E-state index in [1.807, 2.05) is 19.1 Å². The second-order valence-electron chi connectivity index (χ2n) is 5.83. The summed E-state index contributed by atoms with van der Waals surface area (Å²) in [6.45, 7) is 2.68. The van der Waals surface area contributed by atoms with E-state index < -0.39 is 0 Å². The Morgan fingerprint density at radius 3 is 2.78 bits per heavy atom. The highest BCUT2D eigenvalue weighted by Crippen LogP contribution is 2.38. The minimum absolute atomic E-state index is 0.0587. The maximum absolute atomic E-state index is 13.8. The topological polar surface area (TPSA) is 29.5 Å². The fraction of sp³-hybridized carbons (Fsp3) is 0.316. The van der Waals surface area contributed by atoms with Crippen LogP contribution in [-0.2, 0) is 17.6 Å². The summed E-state index contributed by atoms with van der Waals surface area (Å²) in [6.07, 6.45) is 1.90. The molecule has 3 nitrogen and oxygen atoms in total. The van der Waals surface area contributed by atoms with Gasteiger partial charge in [0.25, 0.3) is 0 Å². The molecule has 2 aromatic carbocycles. The third-order valence-corrected chi connectivity index (χ3v) is 4.38. The maximum atomic E-state index is 13.8. The molecule has 2 aromatic rings. The summed E-state index contributed by atoms with van der Waals surface area (Å²) in [5, 5.41) is 0. The fourth-order valence-electron chi connectivity index (χ4n) is 3.17. The molecule has 0 atom stereocenters. The number of benzene rings is 2. The summed E-state index contributed by atoms with van der Waals surface area (Å²) in [7, 11) is 1.61. The smallest absolute Gasteiger partial charge is 0.231 e. The zero-order chi connectivity index (χ0) is 16.4. The predicted octanol–water partition coefficient (Wildman–Crippen LogP) is 3.66. The number of hydrogen-bond donors (Lipinski definition) is 0. The van der Waals surface area contributed by atoms with E-state index >= 15 is 0 Å². The molecule has 0 saturated heterocycles. The first-order valence-corrected chi connectivity index (χ1v) is 7.82. The lowest BCUT2D eigenvalue weighted by Gasteiger charge is -2.32. The molecule has 0 spiro atoms. The first kappa shape index (κ1) is 15.5. The van der Waals surface area contributed by atoms with Crippen molar-refractivity contribution in [1.82, 2.24) is 0 Å². The van der Waals surface area contributed by atoms with Gasteiger partial charge >= 0.3 is 0 Å². The number of anilines is 1. The number of nitrogens with zero attached hydrogens (tertiary/aromatic N) is 1. The van der Waals surface area contributed by atoms with Crippen molar-refractivity contribution >= 4 is 11.6 Å².